The maximum absolute atomic E-state index is 12.8. The van der Waals surface area contributed by atoms with Crippen LogP contribution in [0.25, 0.3) is 0 Å². The number of nitrogens with one attached hydrogen (secondary N) is 1. The van der Waals surface area contributed by atoms with Gasteiger partial charge in [-0.15, -0.1) is 0 Å². The van der Waals surface area contributed by atoms with Crippen LogP contribution in [0.3, 0.4) is 0 Å². The lowest BCUT2D eigenvalue weighted by Crippen LogP contribution is -2.41. The predicted molar refractivity (Wildman–Crippen MR) is 81.1 cm³/mol. The molecule has 0 aliphatic heterocycles. The summed E-state index contributed by atoms with van der Waals surface area (Å²) in [7, 11) is 1.49. The number of aliphatic carboxylic acids is 1. The largest absolute Gasteiger partial charge is 0.490 e. The van der Waals surface area contributed by atoms with Crippen molar-refractivity contribution < 1.29 is 37.7 Å². The number of likely N-dealkylation sites (N-methyl/N-ethyl adjacent to an activating group) is 1. The number of hydrogen-bond acceptors (Lipinski definition) is 5. The third kappa shape index (κ3) is 7.86. The van der Waals surface area contributed by atoms with Crippen molar-refractivity contribution in [2.45, 2.75) is 12.3 Å². The van der Waals surface area contributed by atoms with Gasteiger partial charge in [0.25, 0.3) is 0 Å². The Hall–Kier alpha value is -2.33. The minimum atomic E-state index is -4.57. The van der Waals surface area contributed by atoms with E-state index in [1.54, 1.807) is 0 Å². The molecule has 0 fully saturated rings. The van der Waals surface area contributed by atoms with Crippen molar-refractivity contribution in [1.82, 2.24) is 10.2 Å². The van der Waals surface area contributed by atoms with Crippen LogP contribution in [-0.4, -0.2) is 66.4 Å². The molecule has 1 amide bonds. The number of ether oxygens (including phenoxy) is 1. The van der Waals surface area contributed by atoms with E-state index in [1.165, 1.54) is 24.1 Å². The molecule has 1 aromatic carbocycles. The van der Waals surface area contributed by atoms with Crippen LogP contribution in [0.15, 0.2) is 24.3 Å². The second-order valence-corrected chi connectivity index (χ2v) is 5.33. The van der Waals surface area contributed by atoms with Crippen LogP contribution >= 0.6 is 0 Å². The Morgan fingerprint density at radius 3 is 2.56 bits per heavy atom. The molecule has 0 saturated carbocycles. The molecule has 0 bridgehead atoms. The first kappa shape index (κ1) is 20.7. The lowest BCUT2D eigenvalue weighted by molar-refractivity contribution is -0.139. The van der Waals surface area contributed by atoms with Gasteiger partial charge >= 0.3 is 12.1 Å². The van der Waals surface area contributed by atoms with E-state index in [9.17, 15) is 27.9 Å². The normalized spacial score (nSPS) is 12.7. The molecule has 0 aliphatic carbocycles. The summed E-state index contributed by atoms with van der Waals surface area (Å²) in [4.78, 5) is 23.1. The number of hydrogen-bond donors (Lipinski definition) is 3. The Morgan fingerprint density at radius 2 is 1.96 bits per heavy atom. The van der Waals surface area contributed by atoms with Gasteiger partial charge in [0.2, 0.25) is 5.91 Å². The van der Waals surface area contributed by atoms with Crippen LogP contribution in [0.2, 0.25) is 0 Å². The van der Waals surface area contributed by atoms with Crippen molar-refractivity contribution in [2.75, 3.05) is 33.3 Å². The van der Waals surface area contributed by atoms with E-state index in [0.29, 0.717) is 0 Å². The number of rotatable bonds is 9. The van der Waals surface area contributed by atoms with Crippen LogP contribution in [0, 0.1) is 0 Å². The first-order valence-corrected chi connectivity index (χ1v) is 7.23. The number of carboxylic acids is 1. The third-order valence-corrected chi connectivity index (χ3v) is 3.00. The Morgan fingerprint density at radius 1 is 1.32 bits per heavy atom. The van der Waals surface area contributed by atoms with Crippen LogP contribution in [-0.2, 0) is 15.8 Å². The van der Waals surface area contributed by atoms with Gasteiger partial charge in [0.05, 0.1) is 12.1 Å². The highest BCUT2D eigenvalue weighted by Gasteiger charge is 2.34. The van der Waals surface area contributed by atoms with Crippen molar-refractivity contribution >= 4 is 11.9 Å². The maximum atomic E-state index is 12.8. The molecule has 25 heavy (non-hydrogen) atoms. The summed E-state index contributed by atoms with van der Waals surface area (Å²) in [5, 5.41) is 20.4. The fourth-order valence-corrected chi connectivity index (χ4v) is 1.96. The second kappa shape index (κ2) is 9.23. The van der Waals surface area contributed by atoms with E-state index in [2.05, 4.69) is 5.32 Å². The Balaban J connectivity index is 2.46. The van der Waals surface area contributed by atoms with Gasteiger partial charge in [0.1, 0.15) is 25.0 Å². The number of amides is 1. The highest BCUT2D eigenvalue weighted by atomic mass is 19.4. The van der Waals surface area contributed by atoms with E-state index in [0.717, 1.165) is 12.1 Å². The number of aliphatic hydroxyl groups excluding tert-OH is 1. The van der Waals surface area contributed by atoms with Crippen molar-refractivity contribution in [3.8, 4) is 5.75 Å². The first-order chi connectivity index (χ1) is 11.6. The third-order valence-electron chi connectivity index (χ3n) is 3.00. The van der Waals surface area contributed by atoms with Gasteiger partial charge in [0, 0.05) is 6.54 Å². The van der Waals surface area contributed by atoms with Gasteiger partial charge in [-0.2, -0.15) is 13.2 Å². The molecule has 0 radical (unpaired) electrons. The number of carbonyl (C=O) groups is 2. The molecule has 0 spiro atoms. The summed E-state index contributed by atoms with van der Waals surface area (Å²) in [6.07, 6.45) is -5.71. The number of carbonyl (C=O) groups excluding carboxylic acids is 1. The summed E-state index contributed by atoms with van der Waals surface area (Å²) in [5.41, 5.74) is -0.941. The number of benzene rings is 1. The highest BCUT2D eigenvalue weighted by molar-refractivity contribution is 5.82. The van der Waals surface area contributed by atoms with Crippen molar-refractivity contribution in [1.29, 1.82) is 0 Å². The van der Waals surface area contributed by atoms with Crippen LogP contribution < -0.4 is 10.1 Å². The minimum Gasteiger partial charge on any atom is -0.490 e. The van der Waals surface area contributed by atoms with Gasteiger partial charge in [-0.3, -0.25) is 14.5 Å². The lowest BCUT2D eigenvalue weighted by atomic mass is 10.2. The Labute approximate surface area is 142 Å². The zero-order chi connectivity index (χ0) is 19.0. The standard InChI is InChI=1S/C15H19F3N2O5/c1-20(8-13(22)19-6-14(23)24)7-10(21)9-25-12-5-3-2-4-11(12)15(16,17)18/h2-5,10,21H,6-9H2,1H3,(H,19,22)(H,23,24). The molecule has 1 atom stereocenters. The summed E-state index contributed by atoms with van der Waals surface area (Å²) in [5.74, 6) is -2.14. The molecule has 0 saturated heterocycles. The van der Waals surface area contributed by atoms with Gasteiger partial charge in [-0.25, -0.2) is 0 Å². The van der Waals surface area contributed by atoms with Gasteiger partial charge in [-0.1, -0.05) is 12.1 Å². The van der Waals surface area contributed by atoms with E-state index < -0.39 is 48.6 Å². The molecule has 0 aliphatic rings. The molecule has 3 N–H and O–H groups in total. The van der Waals surface area contributed by atoms with Crippen molar-refractivity contribution in [2.24, 2.45) is 0 Å². The van der Waals surface area contributed by atoms with Crippen LogP contribution in [0.5, 0.6) is 5.75 Å². The van der Waals surface area contributed by atoms with Crippen LogP contribution in [0.4, 0.5) is 13.2 Å². The molecule has 0 aromatic heterocycles. The fourth-order valence-electron chi connectivity index (χ4n) is 1.96. The van der Waals surface area contributed by atoms with Crippen molar-refractivity contribution in [3.05, 3.63) is 29.8 Å². The topological polar surface area (TPSA) is 99.1 Å². The zero-order valence-corrected chi connectivity index (χ0v) is 13.4. The molecule has 7 nitrogen and oxygen atoms in total. The molecule has 0 heterocycles. The molecule has 1 unspecified atom stereocenters. The SMILES string of the molecule is CN(CC(=O)NCC(=O)O)CC(O)COc1ccccc1C(F)(F)F. The van der Waals surface area contributed by atoms with E-state index in [-0.39, 0.29) is 13.1 Å². The number of halogens is 3. The smallest absolute Gasteiger partial charge is 0.419 e. The first-order valence-electron chi connectivity index (χ1n) is 7.23. The van der Waals surface area contributed by atoms with Gasteiger partial charge in [-0.05, 0) is 19.2 Å². The number of aliphatic hydroxyl groups is 1. The molecule has 1 aromatic rings. The lowest BCUT2D eigenvalue weighted by Gasteiger charge is -2.21. The number of nitrogens with zero attached hydrogens (tertiary/aromatic N) is 1. The van der Waals surface area contributed by atoms with Crippen LogP contribution in [0.1, 0.15) is 5.56 Å². The monoisotopic (exact) mass is 364 g/mol. The average Bonchev–Trinajstić information content (AvgIpc) is 2.50. The Bertz CT molecular complexity index is 595. The molecule has 10 heteroatoms. The number of para-hydroxylation sites is 1. The van der Waals surface area contributed by atoms with Gasteiger partial charge in [0.15, 0.2) is 0 Å². The van der Waals surface area contributed by atoms with E-state index in [4.69, 9.17) is 9.84 Å². The highest BCUT2D eigenvalue weighted by Crippen LogP contribution is 2.35. The summed E-state index contributed by atoms with van der Waals surface area (Å²) >= 11 is 0. The Kier molecular flexibility index (Phi) is 7.65. The summed E-state index contributed by atoms with van der Waals surface area (Å²) in [6.45, 7) is -1.14. The van der Waals surface area contributed by atoms with Gasteiger partial charge < -0.3 is 20.3 Å². The number of alkyl halides is 3. The fraction of sp³-hybridized carbons (Fsp3) is 0.467. The molecular weight excluding hydrogens is 345 g/mol. The minimum absolute atomic E-state index is 0.0469. The van der Waals surface area contributed by atoms with Crippen molar-refractivity contribution in [3.63, 3.8) is 0 Å². The average molecular weight is 364 g/mol. The second-order valence-electron chi connectivity index (χ2n) is 5.33. The van der Waals surface area contributed by atoms with E-state index in [1.807, 2.05) is 0 Å². The predicted octanol–water partition coefficient (Wildman–Crippen LogP) is 0.578. The number of carboxylic acid groups (broad SMARTS) is 1. The summed E-state index contributed by atoms with van der Waals surface area (Å²) in [6, 6.07) is 4.64. The summed E-state index contributed by atoms with van der Waals surface area (Å²) < 4.78 is 43.5. The van der Waals surface area contributed by atoms with E-state index >= 15 is 0 Å². The molecule has 140 valence electrons. The molecular formula is C15H19F3N2O5. The maximum Gasteiger partial charge on any atom is 0.419 e. The zero-order valence-electron chi connectivity index (χ0n) is 13.4. The quantitative estimate of drug-likeness (QED) is 0.593. The molecule has 1 rings (SSSR count).